The molecule has 2 rings (SSSR count). The van der Waals surface area contributed by atoms with Crippen LogP contribution in [0, 0.1) is 6.92 Å². The van der Waals surface area contributed by atoms with Gasteiger partial charge in [-0.3, -0.25) is 9.78 Å². The molecule has 0 aliphatic carbocycles. The number of pyridine rings is 1. The van der Waals surface area contributed by atoms with E-state index in [0.29, 0.717) is 16.3 Å². The van der Waals surface area contributed by atoms with Gasteiger partial charge in [-0.25, -0.2) is 0 Å². The van der Waals surface area contributed by atoms with E-state index in [1.807, 2.05) is 19.1 Å². The van der Waals surface area contributed by atoms with Crippen molar-refractivity contribution in [3.8, 4) is 0 Å². The normalized spacial score (nSPS) is 10.1. The van der Waals surface area contributed by atoms with Gasteiger partial charge in [0.05, 0.1) is 5.02 Å². The zero-order valence-corrected chi connectivity index (χ0v) is 9.53. The maximum Gasteiger partial charge on any atom is 0.212 e. The van der Waals surface area contributed by atoms with E-state index in [-0.39, 0.29) is 5.78 Å². The van der Waals surface area contributed by atoms with Crippen molar-refractivity contribution in [3.05, 3.63) is 64.4 Å². The second-order valence-corrected chi connectivity index (χ2v) is 3.86. The second-order valence-electron chi connectivity index (χ2n) is 3.48. The molecule has 1 aromatic heterocycles. The van der Waals surface area contributed by atoms with Crippen molar-refractivity contribution in [3.63, 3.8) is 0 Å². The Morgan fingerprint density at radius 3 is 2.69 bits per heavy atom. The molecule has 2 aromatic rings. The topological polar surface area (TPSA) is 30.0 Å². The summed E-state index contributed by atoms with van der Waals surface area (Å²) in [6.45, 7) is 1.87. The van der Waals surface area contributed by atoms with Gasteiger partial charge >= 0.3 is 0 Å². The van der Waals surface area contributed by atoms with Crippen LogP contribution in [0.25, 0.3) is 0 Å². The number of hydrogen-bond acceptors (Lipinski definition) is 2. The van der Waals surface area contributed by atoms with Crippen molar-refractivity contribution in [1.82, 2.24) is 4.98 Å². The van der Waals surface area contributed by atoms with E-state index in [2.05, 4.69) is 4.98 Å². The summed E-state index contributed by atoms with van der Waals surface area (Å²) in [6.07, 6.45) is 1.59. The Morgan fingerprint density at radius 2 is 2.00 bits per heavy atom. The molecule has 0 radical (unpaired) electrons. The summed E-state index contributed by atoms with van der Waals surface area (Å²) >= 11 is 6.09. The van der Waals surface area contributed by atoms with E-state index >= 15 is 0 Å². The molecule has 0 saturated heterocycles. The molecular formula is C13H10ClNO. The van der Waals surface area contributed by atoms with E-state index in [4.69, 9.17) is 11.6 Å². The highest BCUT2D eigenvalue weighted by atomic mass is 35.5. The molecule has 1 aromatic carbocycles. The van der Waals surface area contributed by atoms with Crippen LogP contribution in [0.2, 0.25) is 5.02 Å². The first kappa shape index (κ1) is 10.8. The van der Waals surface area contributed by atoms with Crippen LogP contribution in [-0.4, -0.2) is 10.8 Å². The summed E-state index contributed by atoms with van der Waals surface area (Å²) in [4.78, 5) is 16.1. The van der Waals surface area contributed by atoms with Crippen LogP contribution < -0.4 is 0 Å². The van der Waals surface area contributed by atoms with Gasteiger partial charge in [0.15, 0.2) is 0 Å². The first-order valence-corrected chi connectivity index (χ1v) is 5.29. The van der Waals surface area contributed by atoms with Crippen molar-refractivity contribution in [2.75, 3.05) is 0 Å². The molecule has 0 amide bonds. The van der Waals surface area contributed by atoms with Crippen molar-refractivity contribution >= 4 is 17.4 Å². The Hall–Kier alpha value is -1.67. The zero-order chi connectivity index (χ0) is 11.5. The van der Waals surface area contributed by atoms with E-state index in [0.717, 1.165) is 5.56 Å². The summed E-state index contributed by atoms with van der Waals surface area (Å²) in [5.74, 6) is -0.144. The smallest absolute Gasteiger partial charge is 0.212 e. The summed E-state index contributed by atoms with van der Waals surface area (Å²) in [6, 6.07) is 10.6. The molecule has 0 bridgehead atoms. The number of ketones is 1. The predicted octanol–water partition coefficient (Wildman–Crippen LogP) is 3.27. The monoisotopic (exact) mass is 231 g/mol. The van der Waals surface area contributed by atoms with Gasteiger partial charge in [0.1, 0.15) is 5.69 Å². The van der Waals surface area contributed by atoms with Gasteiger partial charge in [-0.15, -0.1) is 0 Å². The third-order valence-corrected chi connectivity index (χ3v) is 2.84. The van der Waals surface area contributed by atoms with Crippen LogP contribution in [0.5, 0.6) is 0 Å². The minimum absolute atomic E-state index is 0.144. The number of halogens is 1. The maximum absolute atomic E-state index is 12.1. The molecule has 0 fully saturated rings. The number of carbonyl (C=O) groups excluding carboxylic acids is 1. The Kier molecular flexibility index (Phi) is 3.02. The Bertz CT molecular complexity index is 523. The zero-order valence-electron chi connectivity index (χ0n) is 8.77. The fraction of sp³-hybridized carbons (Fsp3) is 0.0769. The van der Waals surface area contributed by atoms with Crippen molar-refractivity contribution in [2.24, 2.45) is 0 Å². The Balaban J connectivity index is 2.46. The quantitative estimate of drug-likeness (QED) is 0.743. The van der Waals surface area contributed by atoms with Gasteiger partial charge in [0.25, 0.3) is 0 Å². The van der Waals surface area contributed by atoms with Gasteiger partial charge < -0.3 is 0 Å². The van der Waals surface area contributed by atoms with Crippen LogP contribution in [0.3, 0.4) is 0 Å². The lowest BCUT2D eigenvalue weighted by atomic mass is 10.1. The van der Waals surface area contributed by atoms with Crippen molar-refractivity contribution in [2.45, 2.75) is 6.92 Å². The largest absolute Gasteiger partial charge is 0.287 e. The fourth-order valence-corrected chi connectivity index (χ4v) is 1.67. The molecule has 0 aliphatic rings. The van der Waals surface area contributed by atoms with Gasteiger partial charge in [0, 0.05) is 11.8 Å². The summed E-state index contributed by atoms with van der Waals surface area (Å²) in [5.41, 5.74) is 1.80. The van der Waals surface area contributed by atoms with Crippen LogP contribution >= 0.6 is 11.6 Å². The Morgan fingerprint density at radius 1 is 1.19 bits per heavy atom. The number of rotatable bonds is 2. The van der Waals surface area contributed by atoms with Crippen molar-refractivity contribution < 1.29 is 4.79 Å². The highest BCUT2D eigenvalue weighted by molar-refractivity contribution is 6.35. The van der Waals surface area contributed by atoms with Crippen LogP contribution in [0.4, 0.5) is 0 Å². The molecule has 16 heavy (non-hydrogen) atoms. The molecule has 0 saturated carbocycles. The molecule has 0 atom stereocenters. The van der Waals surface area contributed by atoms with Crippen LogP contribution in [-0.2, 0) is 0 Å². The average molecular weight is 232 g/mol. The first-order valence-electron chi connectivity index (χ1n) is 4.91. The van der Waals surface area contributed by atoms with Gasteiger partial charge in [-0.1, -0.05) is 29.8 Å². The highest BCUT2D eigenvalue weighted by Gasteiger charge is 2.14. The number of benzene rings is 1. The standard InChI is InChI=1S/C13H10ClNO/c1-9-5-4-6-10(12(9)14)13(16)11-7-2-3-8-15-11/h2-8H,1H3. The SMILES string of the molecule is Cc1cccc(C(=O)c2ccccn2)c1Cl. The lowest BCUT2D eigenvalue weighted by Gasteiger charge is -2.04. The molecule has 0 N–H and O–H groups in total. The average Bonchev–Trinajstić information content (AvgIpc) is 2.33. The number of aryl methyl sites for hydroxylation is 1. The fourth-order valence-electron chi connectivity index (χ4n) is 1.46. The lowest BCUT2D eigenvalue weighted by molar-refractivity contribution is 0.103. The molecule has 0 unspecified atom stereocenters. The number of aromatic nitrogens is 1. The highest BCUT2D eigenvalue weighted by Crippen LogP contribution is 2.22. The van der Waals surface area contributed by atoms with E-state index in [1.54, 1.807) is 30.5 Å². The third kappa shape index (κ3) is 1.97. The maximum atomic E-state index is 12.1. The molecule has 0 aliphatic heterocycles. The molecule has 80 valence electrons. The minimum Gasteiger partial charge on any atom is -0.287 e. The molecule has 1 heterocycles. The van der Waals surface area contributed by atoms with Gasteiger partial charge in [-0.05, 0) is 30.7 Å². The molecule has 3 heteroatoms. The van der Waals surface area contributed by atoms with E-state index in [1.165, 1.54) is 0 Å². The van der Waals surface area contributed by atoms with Crippen molar-refractivity contribution in [1.29, 1.82) is 0 Å². The number of hydrogen-bond donors (Lipinski definition) is 0. The number of nitrogens with zero attached hydrogens (tertiary/aromatic N) is 1. The van der Waals surface area contributed by atoms with Crippen LogP contribution in [0.1, 0.15) is 21.6 Å². The molecular weight excluding hydrogens is 222 g/mol. The Labute approximate surface area is 98.9 Å². The third-order valence-electron chi connectivity index (χ3n) is 2.33. The molecule has 0 spiro atoms. The second kappa shape index (κ2) is 4.45. The van der Waals surface area contributed by atoms with Gasteiger partial charge in [0.2, 0.25) is 5.78 Å². The summed E-state index contributed by atoms with van der Waals surface area (Å²) in [7, 11) is 0. The molecule has 2 nitrogen and oxygen atoms in total. The minimum atomic E-state index is -0.144. The van der Waals surface area contributed by atoms with Crippen LogP contribution in [0.15, 0.2) is 42.6 Å². The van der Waals surface area contributed by atoms with E-state index in [9.17, 15) is 4.79 Å². The first-order chi connectivity index (χ1) is 7.70. The lowest BCUT2D eigenvalue weighted by Crippen LogP contribution is -2.04. The van der Waals surface area contributed by atoms with E-state index < -0.39 is 0 Å². The summed E-state index contributed by atoms with van der Waals surface area (Å²) < 4.78 is 0. The summed E-state index contributed by atoms with van der Waals surface area (Å²) in [5, 5.41) is 0.498. The predicted molar refractivity (Wildman–Crippen MR) is 63.9 cm³/mol. The van der Waals surface area contributed by atoms with Gasteiger partial charge in [-0.2, -0.15) is 0 Å². The number of carbonyl (C=O) groups is 1.